The van der Waals surface area contributed by atoms with E-state index in [9.17, 15) is 49.1 Å². The maximum absolute atomic E-state index is 12.6. The molecule has 1 unspecified atom stereocenters. The van der Waals surface area contributed by atoms with Crippen LogP contribution in [0.2, 0.25) is 0 Å². The van der Waals surface area contributed by atoms with Gasteiger partial charge in [0.05, 0.1) is 26.5 Å². The number of rotatable bonds is 9. The highest BCUT2D eigenvalue weighted by atomic mass is 31.2. The molecule has 7 N–H and O–H groups in total. The van der Waals surface area contributed by atoms with Crippen LogP contribution in [0.5, 0.6) is 5.75 Å². The second kappa shape index (κ2) is 11.3. The van der Waals surface area contributed by atoms with Crippen LogP contribution in [0.1, 0.15) is 12.5 Å². The van der Waals surface area contributed by atoms with Crippen LogP contribution in [0.15, 0.2) is 37.6 Å². The molecule has 9 atom stereocenters. The fourth-order valence-corrected chi connectivity index (χ4v) is 5.07. The number of methoxy groups -OCH3 is 1. The van der Waals surface area contributed by atoms with E-state index in [4.69, 9.17) is 23.3 Å². The third-order valence-corrected chi connectivity index (χ3v) is 7.02. The minimum absolute atomic E-state index is 0.300. The van der Waals surface area contributed by atoms with Gasteiger partial charge in [-0.1, -0.05) is 0 Å². The Bertz CT molecular complexity index is 1470. The zero-order chi connectivity index (χ0) is 28.6. The average Bonchev–Trinajstić information content (AvgIpc) is 3.33. The van der Waals surface area contributed by atoms with E-state index in [1.54, 1.807) is 0 Å². The van der Waals surface area contributed by atoms with Gasteiger partial charge in [-0.3, -0.25) is 37.7 Å². The van der Waals surface area contributed by atoms with Crippen molar-refractivity contribution < 1.29 is 53.1 Å². The number of phosphoric acid groups is 1. The lowest BCUT2D eigenvalue weighted by Gasteiger charge is -2.23. The van der Waals surface area contributed by atoms with Gasteiger partial charge in [0.1, 0.15) is 36.6 Å². The highest BCUT2D eigenvalue weighted by molar-refractivity contribution is 7.47. The van der Waals surface area contributed by atoms with Crippen LogP contribution in [0.25, 0.3) is 0 Å². The lowest BCUT2D eigenvalue weighted by Crippen LogP contribution is -2.39. The van der Waals surface area contributed by atoms with Crippen molar-refractivity contribution in [2.75, 3.05) is 20.3 Å². The van der Waals surface area contributed by atoms with Crippen molar-refractivity contribution in [3.8, 4) is 5.75 Å². The maximum Gasteiger partial charge on any atom is 0.472 e. The number of aromatic nitrogens is 4. The lowest BCUT2D eigenvalue weighted by atomic mass is 10.1. The predicted octanol–water partition coefficient (Wildman–Crippen LogP) is -4.53. The molecule has 216 valence electrons. The van der Waals surface area contributed by atoms with Crippen LogP contribution in [0, 0.1) is 0 Å². The number of hydrogen-bond acceptors (Lipinski definition) is 14. The Balaban J connectivity index is 1.44. The topological polar surface area (TPSA) is 274 Å². The van der Waals surface area contributed by atoms with Crippen molar-refractivity contribution in [1.82, 2.24) is 19.1 Å². The number of H-pyrrole nitrogens is 2. The van der Waals surface area contributed by atoms with Crippen molar-refractivity contribution in [2.24, 2.45) is 0 Å². The van der Waals surface area contributed by atoms with Gasteiger partial charge in [0, 0.05) is 12.3 Å². The van der Waals surface area contributed by atoms with Crippen LogP contribution in [0.3, 0.4) is 0 Å². The van der Waals surface area contributed by atoms with Gasteiger partial charge in [-0.25, -0.2) is 14.2 Å². The smallest absolute Gasteiger partial charge is 0.472 e. The molecule has 0 bridgehead atoms. The summed E-state index contributed by atoms with van der Waals surface area (Å²) in [4.78, 5) is 61.3. The van der Waals surface area contributed by atoms with Gasteiger partial charge in [0.25, 0.3) is 11.1 Å². The molecule has 2 aromatic heterocycles. The van der Waals surface area contributed by atoms with Gasteiger partial charge in [-0.05, 0) is 0 Å². The standard InChI is InChI=1S/C19H25N4O15P/c1-34-7-4-23(19(31)21-15(7)29)16-12(27)11(26)9(37-16)6-35-39(32,33)38-14-8(5-24)36-17(13(14)28)22-3-2-10(25)20-18(22)30/h2-4,8-9,11-14,16-17,24,26-28H,5-6H2,1H3,(H,32,33)(H,20,25,30)(H,21,29,31)/t8-,9-,11-,12-,13-,14-,16-,17-/m1/s1. The summed E-state index contributed by atoms with van der Waals surface area (Å²) in [6, 6.07) is 0.964. The Kier molecular flexibility index (Phi) is 8.38. The molecule has 2 aliphatic heterocycles. The molecule has 4 heterocycles. The molecule has 39 heavy (non-hydrogen) atoms. The van der Waals surface area contributed by atoms with E-state index in [1.807, 2.05) is 9.97 Å². The number of nitrogens with one attached hydrogen (secondary N) is 2. The van der Waals surface area contributed by atoms with Gasteiger partial charge in [-0.15, -0.1) is 0 Å². The molecule has 4 rings (SSSR count). The molecular formula is C19H25N4O15P. The van der Waals surface area contributed by atoms with Crippen LogP contribution in [0.4, 0.5) is 0 Å². The van der Waals surface area contributed by atoms with E-state index in [0.29, 0.717) is 0 Å². The SMILES string of the molecule is COc1cn([C@@H]2O[C@H](COP(=O)(O)O[C@H]3[C@@H](O)[C@H](n4ccc(=O)[nH]c4=O)O[C@@H]3CO)[C@@H](O)[C@H]2O)c(=O)[nH]c1=O. The highest BCUT2D eigenvalue weighted by Gasteiger charge is 2.50. The molecule has 20 heteroatoms. The summed E-state index contributed by atoms with van der Waals surface area (Å²) in [5.74, 6) is -0.300. The van der Waals surface area contributed by atoms with Crippen LogP contribution >= 0.6 is 7.82 Å². The quantitative estimate of drug-likeness (QED) is 0.138. The summed E-state index contributed by atoms with van der Waals surface area (Å²) in [5.41, 5.74) is -3.54. The van der Waals surface area contributed by atoms with Gasteiger partial charge < -0.3 is 39.5 Å². The third kappa shape index (κ3) is 5.82. The molecule has 2 fully saturated rings. The Hall–Kier alpha value is -2.97. The number of aliphatic hydroxyl groups is 4. The largest absolute Gasteiger partial charge is 0.490 e. The molecule has 0 amide bonds. The molecule has 2 aliphatic rings. The first-order chi connectivity index (χ1) is 18.4. The van der Waals surface area contributed by atoms with Crippen LogP contribution in [-0.4, -0.2) is 101 Å². The zero-order valence-corrected chi connectivity index (χ0v) is 20.8. The maximum atomic E-state index is 12.6. The van der Waals surface area contributed by atoms with Crippen molar-refractivity contribution in [3.05, 3.63) is 60.1 Å². The molecule has 0 spiro atoms. The van der Waals surface area contributed by atoms with Crippen LogP contribution < -0.4 is 27.2 Å². The number of aliphatic hydroxyl groups excluding tert-OH is 4. The van der Waals surface area contributed by atoms with Crippen molar-refractivity contribution >= 4 is 7.82 Å². The van der Waals surface area contributed by atoms with E-state index in [-0.39, 0.29) is 5.75 Å². The minimum atomic E-state index is -5.09. The molecule has 2 saturated heterocycles. The number of aromatic amines is 2. The Morgan fingerprint density at radius 1 is 0.974 bits per heavy atom. The van der Waals surface area contributed by atoms with E-state index in [2.05, 4.69) is 0 Å². The summed E-state index contributed by atoms with van der Waals surface area (Å²) in [6.45, 7) is -1.68. The molecule has 0 aliphatic carbocycles. The zero-order valence-electron chi connectivity index (χ0n) is 19.9. The average molecular weight is 580 g/mol. The summed E-state index contributed by atoms with van der Waals surface area (Å²) in [7, 11) is -3.93. The number of ether oxygens (including phenoxy) is 3. The molecule has 2 aromatic rings. The first-order valence-electron chi connectivity index (χ1n) is 11.2. The molecule has 0 saturated carbocycles. The summed E-state index contributed by atoms with van der Waals surface area (Å²) < 4.78 is 39.6. The molecule has 0 aromatic carbocycles. The second-order valence-corrected chi connectivity index (χ2v) is 9.91. The van der Waals surface area contributed by atoms with E-state index < -0.39 is 92.6 Å². The van der Waals surface area contributed by atoms with Gasteiger partial charge in [-0.2, -0.15) is 0 Å². The molecule has 0 radical (unpaired) electrons. The van der Waals surface area contributed by atoms with Gasteiger partial charge in [0.2, 0.25) is 5.75 Å². The fraction of sp³-hybridized carbons (Fsp3) is 0.579. The summed E-state index contributed by atoms with van der Waals surface area (Å²) in [6.07, 6.45) is -11.0. The lowest BCUT2D eigenvalue weighted by molar-refractivity contribution is -0.0616. The Morgan fingerprint density at radius 3 is 2.26 bits per heavy atom. The number of nitrogens with zero attached hydrogens (tertiary/aromatic N) is 2. The Morgan fingerprint density at radius 2 is 1.62 bits per heavy atom. The van der Waals surface area contributed by atoms with E-state index >= 15 is 0 Å². The van der Waals surface area contributed by atoms with Gasteiger partial charge in [0.15, 0.2) is 12.5 Å². The Labute approximate surface area is 216 Å². The van der Waals surface area contributed by atoms with Crippen molar-refractivity contribution in [2.45, 2.75) is 49.1 Å². The first kappa shape index (κ1) is 29.0. The number of phosphoric ester groups is 1. The monoisotopic (exact) mass is 580 g/mol. The first-order valence-corrected chi connectivity index (χ1v) is 12.7. The van der Waals surface area contributed by atoms with Crippen molar-refractivity contribution in [1.29, 1.82) is 0 Å². The van der Waals surface area contributed by atoms with E-state index in [1.165, 1.54) is 0 Å². The predicted molar refractivity (Wildman–Crippen MR) is 123 cm³/mol. The normalized spacial score (nSPS) is 32.3. The van der Waals surface area contributed by atoms with E-state index in [0.717, 1.165) is 34.7 Å². The van der Waals surface area contributed by atoms with Gasteiger partial charge >= 0.3 is 19.2 Å². The minimum Gasteiger partial charge on any atom is -0.490 e. The van der Waals surface area contributed by atoms with Crippen molar-refractivity contribution in [3.63, 3.8) is 0 Å². The van der Waals surface area contributed by atoms with Crippen LogP contribution in [-0.2, 0) is 23.1 Å². The second-order valence-electron chi connectivity index (χ2n) is 8.50. The number of hydrogen-bond donors (Lipinski definition) is 7. The fourth-order valence-electron chi connectivity index (χ4n) is 4.10. The molecule has 19 nitrogen and oxygen atoms in total. The molecular weight excluding hydrogens is 555 g/mol. The third-order valence-electron chi connectivity index (χ3n) is 6.04. The summed E-state index contributed by atoms with van der Waals surface area (Å²) in [5, 5.41) is 40.9. The summed E-state index contributed by atoms with van der Waals surface area (Å²) >= 11 is 0. The highest BCUT2D eigenvalue weighted by Crippen LogP contribution is 2.49.